The average molecular weight is 193 g/mol. The molecule has 0 aromatic carbocycles. The third kappa shape index (κ3) is 1.46. The zero-order chi connectivity index (χ0) is 10.1. The van der Waals surface area contributed by atoms with Crippen LogP contribution in [0.1, 0.15) is 42.1 Å². The van der Waals surface area contributed by atoms with Crippen LogP contribution in [0, 0.1) is 6.92 Å². The number of aromatic nitrogens is 2. The lowest BCUT2D eigenvalue weighted by Gasteiger charge is -2.22. The van der Waals surface area contributed by atoms with Crippen molar-refractivity contribution in [2.24, 2.45) is 12.8 Å². The highest BCUT2D eigenvalue weighted by molar-refractivity contribution is 5.31. The van der Waals surface area contributed by atoms with Crippen molar-refractivity contribution in [1.82, 2.24) is 9.78 Å². The number of rotatable bonds is 2. The molecular weight excluding hydrogens is 174 g/mol. The van der Waals surface area contributed by atoms with Crippen LogP contribution in [0.2, 0.25) is 0 Å². The predicted octanol–water partition coefficient (Wildman–Crippen LogP) is 1.50. The maximum absolute atomic E-state index is 5.65. The Balaban J connectivity index is 2.37. The largest absolute Gasteiger partial charge is 0.330 e. The molecule has 78 valence electrons. The fourth-order valence-corrected chi connectivity index (χ4v) is 2.70. The van der Waals surface area contributed by atoms with Gasteiger partial charge < -0.3 is 5.73 Å². The van der Waals surface area contributed by atoms with Crippen LogP contribution in [-0.2, 0) is 13.5 Å². The molecule has 0 aliphatic heterocycles. The van der Waals surface area contributed by atoms with Crippen molar-refractivity contribution in [3.05, 3.63) is 17.0 Å². The van der Waals surface area contributed by atoms with Crippen LogP contribution in [0.15, 0.2) is 0 Å². The van der Waals surface area contributed by atoms with Crippen LogP contribution in [0.25, 0.3) is 0 Å². The van der Waals surface area contributed by atoms with Crippen molar-refractivity contribution in [3.63, 3.8) is 0 Å². The van der Waals surface area contributed by atoms with E-state index in [0.717, 1.165) is 13.0 Å². The molecule has 2 rings (SSSR count). The SMILES string of the molecule is Cc1nn(C)c2c1C(CCN)CCC2. The van der Waals surface area contributed by atoms with E-state index in [4.69, 9.17) is 5.73 Å². The fraction of sp³-hybridized carbons (Fsp3) is 0.727. The molecule has 1 aromatic heterocycles. The van der Waals surface area contributed by atoms with E-state index in [1.54, 1.807) is 0 Å². The number of hydrogen-bond donors (Lipinski definition) is 1. The Morgan fingerprint density at radius 3 is 3.07 bits per heavy atom. The summed E-state index contributed by atoms with van der Waals surface area (Å²) in [5.74, 6) is 0.664. The van der Waals surface area contributed by atoms with Gasteiger partial charge in [-0.05, 0) is 50.6 Å². The zero-order valence-electron chi connectivity index (χ0n) is 9.08. The standard InChI is InChI=1S/C11H19N3/c1-8-11-9(6-7-12)4-3-5-10(11)14(2)13-8/h9H,3-7,12H2,1-2H3. The minimum Gasteiger partial charge on any atom is -0.330 e. The minimum atomic E-state index is 0.664. The summed E-state index contributed by atoms with van der Waals surface area (Å²) < 4.78 is 2.05. The topological polar surface area (TPSA) is 43.8 Å². The molecule has 0 spiro atoms. The highest BCUT2D eigenvalue weighted by Crippen LogP contribution is 2.35. The molecule has 14 heavy (non-hydrogen) atoms. The van der Waals surface area contributed by atoms with E-state index < -0.39 is 0 Å². The predicted molar refractivity (Wildman–Crippen MR) is 57.3 cm³/mol. The van der Waals surface area contributed by atoms with Crippen molar-refractivity contribution < 1.29 is 0 Å². The van der Waals surface area contributed by atoms with Crippen LogP contribution in [-0.4, -0.2) is 16.3 Å². The van der Waals surface area contributed by atoms with E-state index in [9.17, 15) is 0 Å². The Morgan fingerprint density at radius 2 is 2.36 bits per heavy atom. The summed E-state index contributed by atoms with van der Waals surface area (Å²) in [6.07, 6.45) is 4.88. The molecule has 0 amide bonds. The molecule has 0 radical (unpaired) electrons. The van der Waals surface area contributed by atoms with Gasteiger partial charge in [-0.3, -0.25) is 4.68 Å². The van der Waals surface area contributed by atoms with Crippen LogP contribution in [0.5, 0.6) is 0 Å². The summed E-state index contributed by atoms with van der Waals surface area (Å²) in [7, 11) is 2.05. The summed E-state index contributed by atoms with van der Waals surface area (Å²) in [5.41, 5.74) is 9.78. The first-order valence-corrected chi connectivity index (χ1v) is 5.46. The lowest BCUT2D eigenvalue weighted by atomic mass is 9.83. The van der Waals surface area contributed by atoms with E-state index in [2.05, 4.69) is 19.1 Å². The minimum absolute atomic E-state index is 0.664. The molecule has 3 nitrogen and oxygen atoms in total. The lowest BCUT2D eigenvalue weighted by Crippen LogP contribution is -2.15. The maximum atomic E-state index is 5.65. The third-order valence-corrected chi connectivity index (χ3v) is 3.28. The van der Waals surface area contributed by atoms with Crippen LogP contribution >= 0.6 is 0 Å². The van der Waals surface area contributed by atoms with E-state index in [0.29, 0.717) is 5.92 Å². The van der Waals surface area contributed by atoms with E-state index in [1.165, 1.54) is 36.2 Å². The monoisotopic (exact) mass is 193 g/mol. The van der Waals surface area contributed by atoms with Crippen LogP contribution in [0.4, 0.5) is 0 Å². The van der Waals surface area contributed by atoms with Gasteiger partial charge >= 0.3 is 0 Å². The lowest BCUT2D eigenvalue weighted by molar-refractivity contribution is 0.511. The molecule has 1 aliphatic carbocycles. The molecule has 0 fully saturated rings. The number of aryl methyl sites for hydroxylation is 2. The molecule has 1 heterocycles. The second-order valence-corrected chi connectivity index (χ2v) is 4.24. The molecule has 2 N–H and O–H groups in total. The van der Waals surface area contributed by atoms with Crippen molar-refractivity contribution >= 4 is 0 Å². The summed E-state index contributed by atoms with van der Waals surface area (Å²) >= 11 is 0. The van der Waals surface area contributed by atoms with Crippen molar-refractivity contribution in [1.29, 1.82) is 0 Å². The van der Waals surface area contributed by atoms with Gasteiger partial charge in [-0.2, -0.15) is 5.10 Å². The first-order valence-electron chi connectivity index (χ1n) is 5.46. The first kappa shape index (κ1) is 9.71. The Labute approximate surface area is 85.3 Å². The van der Waals surface area contributed by atoms with Crippen molar-refractivity contribution in [3.8, 4) is 0 Å². The highest BCUT2D eigenvalue weighted by atomic mass is 15.3. The molecular formula is C11H19N3. The van der Waals surface area contributed by atoms with E-state index in [1.807, 2.05) is 4.68 Å². The van der Waals surface area contributed by atoms with Gasteiger partial charge in [-0.1, -0.05) is 0 Å². The number of hydrogen-bond acceptors (Lipinski definition) is 2. The highest BCUT2D eigenvalue weighted by Gasteiger charge is 2.25. The van der Waals surface area contributed by atoms with Gasteiger partial charge in [0.2, 0.25) is 0 Å². The quantitative estimate of drug-likeness (QED) is 0.773. The maximum Gasteiger partial charge on any atom is 0.0631 e. The second-order valence-electron chi connectivity index (χ2n) is 4.24. The smallest absolute Gasteiger partial charge is 0.0631 e. The normalized spacial score (nSPS) is 20.9. The summed E-state index contributed by atoms with van der Waals surface area (Å²) in [6.45, 7) is 2.91. The van der Waals surface area contributed by atoms with Gasteiger partial charge in [0.25, 0.3) is 0 Å². The van der Waals surface area contributed by atoms with Gasteiger partial charge in [0.05, 0.1) is 5.69 Å². The molecule has 1 unspecified atom stereocenters. The fourth-order valence-electron chi connectivity index (χ4n) is 2.70. The zero-order valence-corrected chi connectivity index (χ0v) is 9.08. The van der Waals surface area contributed by atoms with Gasteiger partial charge in [0.15, 0.2) is 0 Å². The molecule has 3 heteroatoms. The van der Waals surface area contributed by atoms with Crippen LogP contribution in [0.3, 0.4) is 0 Å². The Kier molecular flexibility index (Phi) is 2.59. The number of fused-ring (bicyclic) bond motifs is 1. The number of nitrogens with zero attached hydrogens (tertiary/aromatic N) is 2. The number of nitrogens with two attached hydrogens (primary N) is 1. The molecule has 0 saturated heterocycles. The van der Waals surface area contributed by atoms with Crippen molar-refractivity contribution in [2.45, 2.75) is 38.5 Å². The molecule has 0 saturated carbocycles. The van der Waals surface area contributed by atoms with Gasteiger partial charge in [-0.25, -0.2) is 0 Å². The summed E-state index contributed by atoms with van der Waals surface area (Å²) in [5, 5.41) is 4.50. The first-order chi connectivity index (χ1) is 6.74. The average Bonchev–Trinajstić information content (AvgIpc) is 2.44. The van der Waals surface area contributed by atoms with Crippen molar-refractivity contribution in [2.75, 3.05) is 6.54 Å². The Morgan fingerprint density at radius 1 is 1.57 bits per heavy atom. The van der Waals surface area contributed by atoms with Gasteiger partial charge in [-0.15, -0.1) is 0 Å². The molecule has 1 aromatic rings. The summed E-state index contributed by atoms with van der Waals surface area (Å²) in [6, 6.07) is 0. The molecule has 0 bridgehead atoms. The molecule has 1 atom stereocenters. The van der Waals surface area contributed by atoms with Crippen LogP contribution < -0.4 is 5.73 Å². The Bertz CT molecular complexity index is 328. The summed E-state index contributed by atoms with van der Waals surface area (Å²) in [4.78, 5) is 0. The third-order valence-electron chi connectivity index (χ3n) is 3.28. The second kappa shape index (κ2) is 3.73. The molecule has 1 aliphatic rings. The van der Waals surface area contributed by atoms with E-state index in [-0.39, 0.29) is 0 Å². The van der Waals surface area contributed by atoms with E-state index >= 15 is 0 Å². The van der Waals surface area contributed by atoms with Gasteiger partial charge in [0.1, 0.15) is 0 Å². The van der Waals surface area contributed by atoms with Gasteiger partial charge in [0, 0.05) is 12.7 Å². The Hall–Kier alpha value is -0.830.